The van der Waals surface area contributed by atoms with Crippen LogP contribution in [0.1, 0.15) is 23.9 Å². The molecule has 4 rings (SSSR count). The minimum atomic E-state index is 0.0493. The Hall–Kier alpha value is -3.00. The molecule has 1 aromatic carbocycles. The van der Waals surface area contributed by atoms with Crippen molar-refractivity contribution in [1.82, 2.24) is 14.5 Å². The van der Waals surface area contributed by atoms with Gasteiger partial charge in [-0.15, -0.1) is 6.42 Å². The topological polar surface area (TPSA) is 51.3 Å². The maximum atomic E-state index is 12.4. The van der Waals surface area contributed by atoms with Crippen molar-refractivity contribution in [1.29, 1.82) is 0 Å². The summed E-state index contributed by atoms with van der Waals surface area (Å²) in [5.41, 5.74) is 1.93. The predicted molar refractivity (Wildman–Crippen MR) is 90.0 cm³/mol. The highest BCUT2D eigenvalue weighted by atomic mass is 16.3. The first-order valence-electron chi connectivity index (χ1n) is 7.95. The Balaban J connectivity index is 1.64. The van der Waals surface area contributed by atoms with E-state index in [0.717, 1.165) is 22.6 Å². The van der Waals surface area contributed by atoms with E-state index in [-0.39, 0.29) is 11.8 Å². The van der Waals surface area contributed by atoms with E-state index in [1.807, 2.05) is 45.9 Å². The van der Waals surface area contributed by atoms with Crippen LogP contribution in [0.25, 0.3) is 11.0 Å². The molecule has 120 valence electrons. The summed E-state index contributed by atoms with van der Waals surface area (Å²) in [6, 6.07) is 11.6. The van der Waals surface area contributed by atoms with E-state index >= 15 is 0 Å². The average Bonchev–Trinajstić information content (AvgIpc) is 3.29. The Morgan fingerprint density at radius 1 is 1.29 bits per heavy atom. The summed E-state index contributed by atoms with van der Waals surface area (Å²) in [4.78, 5) is 18.9. The predicted octanol–water partition coefficient (Wildman–Crippen LogP) is 2.78. The van der Waals surface area contributed by atoms with Gasteiger partial charge in [0.25, 0.3) is 0 Å². The van der Waals surface area contributed by atoms with Crippen LogP contribution in [-0.2, 0) is 17.9 Å². The van der Waals surface area contributed by atoms with Gasteiger partial charge in [0.1, 0.15) is 11.6 Å². The number of carbonyl (C=O) groups is 1. The zero-order valence-electron chi connectivity index (χ0n) is 13.2. The fraction of sp³-hybridized carbons (Fsp3) is 0.263. The van der Waals surface area contributed by atoms with Crippen LogP contribution in [0.15, 0.2) is 47.1 Å². The first-order chi connectivity index (χ1) is 11.8. The molecule has 1 aliphatic heterocycles. The van der Waals surface area contributed by atoms with Crippen molar-refractivity contribution in [2.45, 2.75) is 25.4 Å². The zero-order chi connectivity index (χ0) is 16.5. The molecule has 5 heteroatoms. The quantitative estimate of drug-likeness (QED) is 0.695. The van der Waals surface area contributed by atoms with E-state index < -0.39 is 0 Å². The fourth-order valence-corrected chi connectivity index (χ4v) is 3.35. The van der Waals surface area contributed by atoms with Crippen LogP contribution in [0, 0.1) is 12.3 Å². The third-order valence-corrected chi connectivity index (χ3v) is 4.44. The van der Waals surface area contributed by atoms with Gasteiger partial charge in [-0.05, 0) is 24.3 Å². The lowest BCUT2D eigenvalue weighted by molar-refractivity contribution is -0.128. The fourth-order valence-electron chi connectivity index (χ4n) is 3.35. The van der Waals surface area contributed by atoms with Gasteiger partial charge in [-0.1, -0.05) is 18.1 Å². The molecule has 3 aromatic rings. The normalized spacial score (nSPS) is 17.5. The van der Waals surface area contributed by atoms with E-state index in [1.165, 1.54) is 0 Å². The molecule has 0 N–H and O–H groups in total. The summed E-state index contributed by atoms with van der Waals surface area (Å²) in [6.45, 7) is 1.59. The van der Waals surface area contributed by atoms with E-state index in [0.29, 0.717) is 26.1 Å². The Kier molecular flexibility index (Phi) is 3.58. The molecule has 0 saturated carbocycles. The molecule has 0 spiro atoms. The van der Waals surface area contributed by atoms with Gasteiger partial charge < -0.3 is 13.9 Å². The van der Waals surface area contributed by atoms with Gasteiger partial charge in [0.05, 0.1) is 30.4 Å². The zero-order valence-corrected chi connectivity index (χ0v) is 13.2. The second-order valence-electron chi connectivity index (χ2n) is 6.00. The Bertz CT molecular complexity index is 918. The van der Waals surface area contributed by atoms with E-state index in [4.69, 9.17) is 15.8 Å². The van der Waals surface area contributed by atoms with Crippen LogP contribution in [0.5, 0.6) is 0 Å². The van der Waals surface area contributed by atoms with Crippen LogP contribution in [0.3, 0.4) is 0 Å². The molecular weight excluding hydrogens is 302 g/mol. The number of para-hydroxylation sites is 2. The lowest BCUT2D eigenvalue weighted by Gasteiger charge is -2.15. The SMILES string of the molecule is C#CCn1c([C@@H]2CC(=O)N(Cc3ccco3)C2)nc2ccccc21. The standard InChI is InChI=1S/C19H17N3O2/c1-2-9-22-17-8-4-3-7-16(17)20-19(22)14-11-18(23)21(12-14)13-15-6-5-10-24-15/h1,3-8,10,14H,9,11-13H2/t14-/m1/s1. The number of rotatable bonds is 4. The van der Waals surface area contributed by atoms with Gasteiger partial charge >= 0.3 is 0 Å². The Morgan fingerprint density at radius 3 is 2.96 bits per heavy atom. The highest BCUT2D eigenvalue weighted by molar-refractivity contribution is 5.80. The number of nitrogens with zero attached hydrogens (tertiary/aromatic N) is 3. The Morgan fingerprint density at radius 2 is 2.17 bits per heavy atom. The first-order valence-corrected chi connectivity index (χ1v) is 7.95. The van der Waals surface area contributed by atoms with Crippen LogP contribution in [0.2, 0.25) is 0 Å². The smallest absolute Gasteiger partial charge is 0.223 e. The number of hydrogen-bond acceptors (Lipinski definition) is 3. The lowest BCUT2D eigenvalue weighted by atomic mass is 10.1. The van der Waals surface area contributed by atoms with Crippen molar-refractivity contribution in [2.24, 2.45) is 0 Å². The number of furan rings is 1. The van der Waals surface area contributed by atoms with Gasteiger partial charge in [-0.3, -0.25) is 4.79 Å². The maximum Gasteiger partial charge on any atom is 0.223 e. The molecule has 3 heterocycles. The van der Waals surface area contributed by atoms with E-state index in [1.54, 1.807) is 6.26 Å². The van der Waals surface area contributed by atoms with Crippen molar-refractivity contribution in [3.8, 4) is 12.3 Å². The van der Waals surface area contributed by atoms with Crippen molar-refractivity contribution < 1.29 is 9.21 Å². The lowest BCUT2D eigenvalue weighted by Crippen LogP contribution is -2.24. The average molecular weight is 319 g/mol. The van der Waals surface area contributed by atoms with Crippen LogP contribution < -0.4 is 0 Å². The van der Waals surface area contributed by atoms with Crippen LogP contribution >= 0.6 is 0 Å². The number of benzene rings is 1. The summed E-state index contributed by atoms with van der Waals surface area (Å²) in [6.07, 6.45) is 7.61. The number of terminal acetylenes is 1. The van der Waals surface area contributed by atoms with Gasteiger partial charge in [0, 0.05) is 18.9 Å². The number of fused-ring (bicyclic) bond motifs is 1. The molecule has 2 aromatic heterocycles. The summed E-state index contributed by atoms with van der Waals surface area (Å²) in [7, 11) is 0. The second-order valence-corrected chi connectivity index (χ2v) is 6.00. The molecule has 1 fully saturated rings. The molecular formula is C19H17N3O2. The molecule has 0 radical (unpaired) electrons. The molecule has 24 heavy (non-hydrogen) atoms. The summed E-state index contributed by atoms with van der Waals surface area (Å²) >= 11 is 0. The number of imidazole rings is 1. The van der Waals surface area contributed by atoms with Gasteiger partial charge in [-0.2, -0.15) is 0 Å². The van der Waals surface area contributed by atoms with E-state index in [2.05, 4.69) is 5.92 Å². The highest BCUT2D eigenvalue weighted by Gasteiger charge is 2.34. The number of likely N-dealkylation sites (tertiary alicyclic amines) is 1. The van der Waals surface area contributed by atoms with Crippen molar-refractivity contribution in [2.75, 3.05) is 6.54 Å². The molecule has 1 saturated heterocycles. The summed E-state index contributed by atoms with van der Waals surface area (Å²) < 4.78 is 7.40. The van der Waals surface area contributed by atoms with Crippen molar-refractivity contribution in [3.05, 3.63) is 54.2 Å². The largest absolute Gasteiger partial charge is 0.467 e. The molecule has 1 amide bonds. The number of carbonyl (C=O) groups excluding carboxylic acids is 1. The third kappa shape index (κ3) is 2.46. The van der Waals surface area contributed by atoms with Crippen molar-refractivity contribution in [3.63, 3.8) is 0 Å². The molecule has 1 atom stereocenters. The third-order valence-electron chi connectivity index (χ3n) is 4.44. The molecule has 0 aliphatic carbocycles. The number of hydrogen-bond donors (Lipinski definition) is 0. The molecule has 0 bridgehead atoms. The van der Waals surface area contributed by atoms with Gasteiger partial charge in [-0.25, -0.2) is 4.98 Å². The van der Waals surface area contributed by atoms with Crippen molar-refractivity contribution >= 4 is 16.9 Å². The summed E-state index contributed by atoms with van der Waals surface area (Å²) in [5.74, 6) is 4.55. The number of amides is 1. The van der Waals surface area contributed by atoms with Crippen LogP contribution in [-0.4, -0.2) is 26.9 Å². The number of aromatic nitrogens is 2. The highest BCUT2D eigenvalue weighted by Crippen LogP contribution is 2.31. The monoisotopic (exact) mass is 319 g/mol. The minimum Gasteiger partial charge on any atom is -0.467 e. The summed E-state index contributed by atoms with van der Waals surface area (Å²) in [5, 5.41) is 0. The van der Waals surface area contributed by atoms with Crippen LogP contribution in [0.4, 0.5) is 0 Å². The second kappa shape index (κ2) is 5.89. The molecule has 1 aliphatic rings. The Labute approximate surface area is 139 Å². The molecule has 5 nitrogen and oxygen atoms in total. The van der Waals surface area contributed by atoms with Gasteiger partial charge in [0.15, 0.2) is 0 Å². The van der Waals surface area contributed by atoms with E-state index in [9.17, 15) is 4.79 Å². The van der Waals surface area contributed by atoms with Gasteiger partial charge in [0.2, 0.25) is 5.91 Å². The first kappa shape index (κ1) is 14.6. The maximum absolute atomic E-state index is 12.4. The molecule has 0 unspecified atom stereocenters. The minimum absolute atomic E-state index is 0.0493.